The third-order valence-electron chi connectivity index (χ3n) is 3.05. The lowest BCUT2D eigenvalue weighted by molar-refractivity contribution is 0.302. The minimum atomic E-state index is -0.302. The van der Waals surface area contributed by atoms with Crippen LogP contribution in [-0.2, 0) is 0 Å². The van der Waals surface area contributed by atoms with Gasteiger partial charge in [0.05, 0.1) is 15.6 Å². The van der Waals surface area contributed by atoms with Gasteiger partial charge in [-0.25, -0.2) is 0 Å². The summed E-state index contributed by atoms with van der Waals surface area (Å²) in [4.78, 5) is 0. The third kappa shape index (κ3) is 5.46. The minimum absolute atomic E-state index is 0.302. The van der Waals surface area contributed by atoms with E-state index in [9.17, 15) is 0 Å². The van der Waals surface area contributed by atoms with Crippen molar-refractivity contribution in [3.05, 3.63) is 33.2 Å². The van der Waals surface area contributed by atoms with E-state index in [0.29, 0.717) is 12.3 Å². The van der Waals surface area contributed by atoms with Crippen molar-refractivity contribution in [1.82, 2.24) is 0 Å². The molecule has 3 nitrogen and oxygen atoms in total. The van der Waals surface area contributed by atoms with E-state index in [-0.39, 0.29) is 5.54 Å². The number of halogens is 2. The Morgan fingerprint density at radius 1 is 1.25 bits per heavy atom. The van der Waals surface area contributed by atoms with Crippen LogP contribution in [-0.4, -0.2) is 12.1 Å². The molecule has 5 heteroatoms. The van der Waals surface area contributed by atoms with E-state index in [4.69, 9.17) is 16.2 Å². The summed E-state index contributed by atoms with van der Waals surface area (Å²) in [5.74, 6) is 0.789. The highest BCUT2D eigenvalue weighted by Gasteiger charge is 2.14. The number of unbranched alkanes of at least 4 members (excludes halogenated alkanes) is 1. The van der Waals surface area contributed by atoms with E-state index >= 15 is 0 Å². The van der Waals surface area contributed by atoms with Gasteiger partial charge in [0, 0.05) is 11.2 Å². The summed E-state index contributed by atoms with van der Waals surface area (Å²) in [6.07, 6.45) is 2.90. The quantitative estimate of drug-likeness (QED) is 0.394. The van der Waals surface area contributed by atoms with Gasteiger partial charge in [-0.15, -0.1) is 0 Å². The molecule has 112 valence electrons. The van der Waals surface area contributed by atoms with Gasteiger partial charge < -0.3 is 16.2 Å². The van der Waals surface area contributed by atoms with Crippen LogP contribution in [0.5, 0.6) is 5.75 Å². The number of hydrogen-bond donors (Lipinski definition) is 2. The lowest BCUT2D eigenvalue weighted by Crippen LogP contribution is -2.33. The van der Waals surface area contributed by atoms with Crippen molar-refractivity contribution < 1.29 is 4.74 Å². The predicted octanol–water partition coefficient (Wildman–Crippen LogP) is 4.64. The van der Waals surface area contributed by atoms with Crippen molar-refractivity contribution in [3.63, 3.8) is 0 Å². The van der Waals surface area contributed by atoms with Gasteiger partial charge in [-0.2, -0.15) is 0 Å². The fourth-order valence-corrected chi connectivity index (χ4v) is 3.11. The normalized spacial score (nSPS) is 11.4. The Morgan fingerprint density at radius 2 is 1.80 bits per heavy atom. The molecule has 0 amide bonds. The Bertz CT molecular complexity index is 458. The molecule has 0 heterocycles. The third-order valence-corrected chi connectivity index (χ3v) is 4.23. The van der Waals surface area contributed by atoms with Gasteiger partial charge in [-0.3, -0.25) is 0 Å². The first-order chi connectivity index (χ1) is 9.21. The van der Waals surface area contributed by atoms with E-state index in [1.165, 1.54) is 0 Å². The zero-order valence-electron chi connectivity index (χ0n) is 12.0. The highest BCUT2D eigenvalue weighted by molar-refractivity contribution is 9.11. The summed E-state index contributed by atoms with van der Waals surface area (Å²) in [6, 6.07) is 3.66. The van der Waals surface area contributed by atoms with Crippen molar-refractivity contribution >= 4 is 37.5 Å². The first-order valence-corrected chi connectivity index (χ1v) is 8.15. The van der Waals surface area contributed by atoms with E-state index in [0.717, 1.165) is 39.5 Å². The molecule has 20 heavy (non-hydrogen) atoms. The predicted molar refractivity (Wildman–Crippen MR) is 93.0 cm³/mol. The zero-order valence-corrected chi connectivity index (χ0v) is 15.2. The number of benzene rings is 1. The summed E-state index contributed by atoms with van der Waals surface area (Å²) in [5, 5.41) is 0. The van der Waals surface area contributed by atoms with Crippen LogP contribution in [0.1, 0.15) is 33.1 Å². The second kappa shape index (κ2) is 7.48. The van der Waals surface area contributed by atoms with Crippen molar-refractivity contribution in [2.45, 2.75) is 38.6 Å². The summed E-state index contributed by atoms with van der Waals surface area (Å²) in [5.41, 5.74) is 13.2. The van der Waals surface area contributed by atoms with Gasteiger partial charge in [0.25, 0.3) is 0 Å². The molecule has 1 rings (SSSR count). The van der Waals surface area contributed by atoms with Crippen LogP contribution in [0.2, 0.25) is 0 Å². The summed E-state index contributed by atoms with van der Waals surface area (Å²) < 4.78 is 7.50. The van der Waals surface area contributed by atoms with Gasteiger partial charge >= 0.3 is 0 Å². The Kier molecular flexibility index (Phi) is 6.55. The van der Waals surface area contributed by atoms with E-state index in [2.05, 4.69) is 38.4 Å². The molecule has 0 atom stereocenters. The fourth-order valence-electron chi connectivity index (χ4n) is 1.65. The molecule has 4 N–H and O–H groups in total. The first-order valence-electron chi connectivity index (χ1n) is 6.56. The molecule has 0 aliphatic heterocycles. The highest BCUT2D eigenvalue weighted by Crippen LogP contribution is 2.35. The molecule has 0 saturated heterocycles. The molecule has 0 saturated carbocycles. The average molecular weight is 406 g/mol. The second-order valence-electron chi connectivity index (χ2n) is 5.44. The van der Waals surface area contributed by atoms with Crippen LogP contribution in [0.25, 0.3) is 0 Å². The van der Waals surface area contributed by atoms with Gasteiger partial charge in [-0.05, 0) is 77.1 Å². The van der Waals surface area contributed by atoms with Crippen LogP contribution in [0.4, 0.5) is 5.69 Å². The SMILES string of the molecule is C=C(CCCCOc1c(Br)cc(N)cc1Br)C(C)(C)N. The van der Waals surface area contributed by atoms with Crippen molar-refractivity contribution in [1.29, 1.82) is 0 Å². The van der Waals surface area contributed by atoms with Crippen LogP contribution in [0.3, 0.4) is 0 Å². The summed E-state index contributed by atoms with van der Waals surface area (Å²) in [6.45, 7) is 8.64. The van der Waals surface area contributed by atoms with E-state index < -0.39 is 0 Å². The molecule has 0 bridgehead atoms. The molecule has 0 radical (unpaired) electrons. The molecule has 0 aliphatic carbocycles. The van der Waals surface area contributed by atoms with Crippen LogP contribution in [0, 0.1) is 0 Å². The number of anilines is 1. The Balaban J connectivity index is 2.38. The fraction of sp³-hybridized carbons (Fsp3) is 0.467. The lowest BCUT2D eigenvalue weighted by atomic mass is 9.93. The number of ether oxygens (including phenoxy) is 1. The van der Waals surface area contributed by atoms with Gasteiger partial charge in [0.15, 0.2) is 0 Å². The zero-order chi connectivity index (χ0) is 15.3. The monoisotopic (exact) mass is 404 g/mol. The lowest BCUT2D eigenvalue weighted by Gasteiger charge is -2.21. The largest absolute Gasteiger partial charge is 0.491 e. The average Bonchev–Trinajstić information content (AvgIpc) is 2.29. The van der Waals surface area contributed by atoms with Gasteiger partial charge in [0.2, 0.25) is 0 Å². The Labute approximate surface area is 138 Å². The van der Waals surface area contributed by atoms with E-state index in [1.54, 1.807) is 0 Å². The first kappa shape index (κ1) is 17.5. The van der Waals surface area contributed by atoms with Gasteiger partial charge in [0.1, 0.15) is 5.75 Å². The topological polar surface area (TPSA) is 61.3 Å². The number of nitrogens with two attached hydrogens (primary N) is 2. The van der Waals surface area contributed by atoms with E-state index in [1.807, 2.05) is 26.0 Å². The van der Waals surface area contributed by atoms with Crippen LogP contribution in [0.15, 0.2) is 33.2 Å². The smallest absolute Gasteiger partial charge is 0.147 e. The minimum Gasteiger partial charge on any atom is -0.491 e. The van der Waals surface area contributed by atoms with Crippen LogP contribution >= 0.6 is 31.9 Å². The van der Waals surface area contributed by atoms with Crippen molar-refractivity contribution in [3.8, 4) is 5.75 Å². The van der Waals surface area contributed by atoms with Crippen LogP contribution < -0.4 is 16.2 Å². The maximum absolute atomic E-state index is 5.98. The summed E-state index contributed by atoms with van der Waals surface area (Å²) >= 11 is 6.90. The molecular weight excluding hydrogens is 384 g/mol. The molecule has 0 spiro atoms. The number of hydrogen-bond acceptors (Lipinski definition) is 3. The van der Waals surface area contributed by atoms with Crippen molar-refractivity contribution in [2.24, 2.45) is 5.73 Å². The molecule has 1 aromatic carbocycles. The Morgan fingerprint density at radius 3 is 2.30 bits per heavy atom. The van der Waals surface area contributed by atoms with Gasteiger partial charge in [-0.1, -0.05) is 12.2 Å². The molecule has 0 fully saturated rings. The number of rotatable bonds is 7. The second-order valence-corrected chi connectivity index (χ2v) is 7.15. The molecule has 0 aliphatic rings. The molecule has 0 unspecified atom stereocenters. The number of nitrogen functional groups attached to an aromatic ring is 1. The van der Waals surface area contributed by atoms with Crippen molar-refractivity contribution in [2.75, 3.05) is 12.3 Å². The molecule has 1 aromatic rings. The standard InChI is InChI=1S/C15H22Br2N2O/c1-10(15(2,3)19)6-4-5-7-20-14-12(16)8-11(18)9-13(14)17/h8-9H,1,4-7,18-19H2,2-3H3. The maximum atomic E-state index is 5.98. The Hall–Kier alpha value is -0.520. The maximum Gasteiger partial charge on any atom is 0.147 e. The molecular formula is C15H22Br2N2O. The highest BCUT2D eigenvalue weighted by atomic mass is 79.9. The summed E-state index contributed by atoms with van der Waals surface area (Å²) in [7, 11) is 0. The molecule has 0 aromatic heterocycles.